The van der Waals surface area contributed by atoms with Crippen LogP contribution in [0.4, 0.5) is 10.5 Å². The molecule has 0 bridgehead atoms. The van der Waals surface area contributed by atoms with Crippen molar-refractivity contribution in [1.29, 1.82) is 0 Å². The second kappa shape index (κ2) is 13.6. The van der Waals surface area contributed by atoms with Gasteiger partial charge in [0, 0.05) is 44.2 Å². The molecule has 3 amide bonds. The van der Waals surface area contributed by atoms with Crippen LogP contribution < -0.4 is 26.2 Å². The van der Waals surface area contributed by atoms with E-state index in [1.54, 1.807) is 58.0 Å². The summed E-state index contributed by atoms with van der Waals surface area (Å²) in [4.78, 5) is 78.0. The summed E-state index contributed by atoms with van der Waals surface area (Å²) in [5.41, 5.74) is -2.58. The molecule has 4 rings (SSSR count). The van der Waals surface area contributed by atoms with Gasteiger partial charge in [-0.3, -0.25) is 24.0 Å². The van der Waals surface area contributed by atoms with Crippen LogP contribution in [0.1, 0.15) is 38.2 Å². The maximum absolute atomic E-state index is 13.6. The minimum absolute atomic E-state index is 0.119. The molecule has 1 fully saturated rings. The second-order valence-electron chi connectivity index (χ2n) is 11.4. The van der Waals surface area contributed by atoms with E-state index in [9.17, 15) is 33.9 Å². The highest BCUT2D eigenvalue weighted by Gasteiger charge is 2.32. The predicted molar refractivity (Wildman–Crippen MR) is 161 cm³/mol. The standard InChI is InChI=1S/C30H36N6O9/c1-5-44-29(43)35-13-11-34(12-14-35)28(42)20(16-31-23-24(38)26(40)25(23)39)32-27(41)19-15-22(45-17-21(37)30(2,3)4)36(33-19)18-9-7-6-8-10-18/h6-10,15,20,31,38H,5,11-14,16-17H2,1-4H3,(H,32,41). The van der Waals surface area contributed by atoms with Gasteiger partial charge in [-0.05, 0) is 19.1 Å². The van der Waals surface area contributed by atoms with E-state index in [4.69, 9.17) is 9.47 Å². The molecule has 240 valence electrons. The molecule has 1 atom stereocenters. The number of carbonyl (C=O) groups excluding carboxylic acids is 4. The first-order valence-corrected chi connectivity index (χ1v) is 14.4. The quantitative estimate of drug-likeness (QED) is 0.254. The lowest BCUT2D eigenvalue weighted by Crippen LogP contribution is -2.57. The number of hydrogen-bond donors (Lipinski definition) is 3. The van der Waals surface area contributed by atoms with Gasteiger partial charge in [0.25, 0.3) is 16.8 Å². The molecule has 2 heterocycles. The van der Waals surface area contributed by atoms with E-state index < -0.39 is 46.0 Å². The van der Waals surface area contributed by atoms with Crippen LogP contribution in [0.2, 0.25) is 0 Å². The Hall–Kier alpha value is -5.21. The van der Waals surface area contributed by atoms with Crippen LogP contribution in [-0.2, 0) is 14.3 Å². The Labute approximate surface area is 258 Å². The Kier molecular flexibility index (Phi) is 9.89. The lowest BCUT2D eigenvalue weighted by atomic mass is 9.91. The first kappa shape index (κ1) is 32.7. The topological polar surface area (TPSA) is 189 Å². The van der Waals surface area contributed by atoms with Crippen molar-refractivity contribution >= 4 is 29.4 Å². The number of rotatable bonds is 11. The Morgan fingerprint density at radius 1 is 1.00 bits per heavy atom. The van der Waals surface area contributed by atoms with E-state index in [-0.39, 0.29) is 69.0 Å². The van der Waals surface area contributed by atoms with E-state index in [0.717, 1.165) is 0 Å². The number of nitrogens with one attached hydrogen (secondary N) is 2. The van der Waals surface area contributed by atoms with Crippen LogP contribution in [0, 0.1) is 5.41 Å². The molecule has 3 N–H and O–H groups in total. The molecule has 0 radical (unpaired) electrons. The van der Waals surface area contributed by atoms with Crippen LogP contribution in [0.3, 0.4) is 0 Å². The van der Waals surface area contributed by atoms with Gasteiger partial charge in [-0.25, -0.2) is 9.48 Å². The number of ether oxygens (including phenoxy) is 2. The predicted octanol–water partition coefficient (Wildman–Crippen LogP) is 0.679. The van der Waals surface area contributed by atoms with Gasteiger partial charge in [0.05, 0.1) is 12.3 Å². The van der Waals surface area contributed by atoms with Crippen molar-refractivity contribution in [2.24, 2.45) is 5.41 Å². The molecule has 1 unspecified atom stereocenters. The molecule has 0 spiro atoms. The fourth-order valence-corrected chi connectivity index (χ4v) is 4.41. The Morgan fingerprint density at radius 3 is 2.24 bits per heavy atom. The summed E-state index contributed by atoms with van der Waals surface area (Å²) in [5.74, 6) is -2.11. The van der Waals surface area contributed by atoms with Crippen LogP contribution in [0.5, 0.6) is 11.6 Å². The average Bonchev–Trinajstić information content (AvgIpc) is 3.47. The minimum atomic E-state index is -1.27. The summed E-state index contributed by atoms with van der Waals surface area (Å²) < 4.78 is 12.2. The van der Waals surface area contributed by atoms with Crippen molar-refractivity contribution in [1.82, 2.24) is 24.9 Å². The number of piperazine rings is 1. The van der Waals surface area contributed by atoms with E-state index in [1.165, 1.54) is 20.5 Å². The van der Waals surface area contributed by atoms with Crippen molar-refractivity contribution in [2.75, 3.05) is 51.3 Å². The van der Waals surface area contributed by atoms with E-state index in [1.807, 2.05) is 0 Å². The van der Waals surface area contributed by atoms with Crippen LogP contribution in [0.15, 0.2) is 46.0 Å². The Balaban J connectivity index is 1.55. The molecule has 1 saturated heterocycles. The summed E-state index contributed by atoms with van der Waals surface area (Å²) in [5, 5.41) is 19.3. The molecule has 1 aromatic heterocycles. The third-order valence-electron chi connectivity index (χ3n) is 7.19. The van der Waals surface area contributed by atoms with Crippen LogP contribution >= 0.6 is 0 Å². The van der Waals surface area contributed by atoms with Gasteiger partial charge in [0.2, 0.25) is 11.8 Å². The van der Waals surface area contributed by atoms with Crippen LogP contribution in [-0.4, -0.2) is 100 Å². The van der Waals surface area contributed by atoms with Crippen molar-refractivity contribution in [3.8, 4) is 17.3 Å². The number of ketones is 1. The Morgan fingerprint density at radius 2 is 1.64 bits per heavy atom. The molecule has 3 aromatic rings. The fraction of sp³-hybridized carbons (Fsp3) is 0.433. The van der Waals surface area contributed by atoms with Gasteiger partial charge < -0.3 is 35.0 Å². The number of carbonyl (C=O) groups is 4. The molecule has 0 aliphatic carbocycles. The third kappa shape index (κ3) is 7.48. The molecular formula is C30H36N6O9. The number of Topliss-reactive ketones (excluding diaryl/α,β-unsaturated/α-hetero) is 1. The zero-order chi connectivity index (χ0) is 32.9. The summed E-state index contributed by atoms with van der Waals surface area (Å²) >= 11 is 0. The first-order chi connectivity index (χ1) is 21.3. The summed E-state index contributed by atoms with van der Waals surface area (Å²) in [6, 6.07) is 8.86. The number of hydrogen-bond acceptors (Lipinski definition) is 11. The zero-order valence-corrected chi connectivity index (χ0v) is 25.5. The number of nitrogens with zero attached hydrogens (tertiary/aromatic N) is 4. The van der Waals surface area contributed by atoms with Gasteiger partial charge >= 0.3 is 6.09 Å². The zero-order valence-electron chi connectivity index (χ0n) is 25.5. The van der Waals surface area contributed by atoms with E-state index in [2.05, 4.69) is 15.7 Å². The van der Waals surface area contributed by atoms with Crippen molar-refractivity contribution in [3.05, 3.63) is 62.5 Å². The highest BCUT2D eigenvalue weighted by molar-refractivity contribution is 5.97. The van der Waals surface area contributed by atoms with Gasteiger partial charge in [-0.15, -0.1) is 0 Å². The number of para-hydroxylation sites is 1. The maximum Gasteiger partial charge on any atom is 0.409 e. The summed E-state index contributed by atoms with van der Waals surface area (Å²) in [7, 11) is 0. The normalized spacial score (nSPS) is 14.1. The number of aromatic nitrogens is 2. The molecular weight excluding hydrogens is 588 g/mol. The molecule has 45 heavy (non-hydrogen) atoms. The lowest BCUT2D eigenvalue weighted by molar-refractivity contribution is -0.134. The molecule has 15 heteroatoms. The highest BCUT2D eigenvalue weighted by atomic mass is 16.6. The molecule has 1 aliphatic rings. The molecule has 1 aliphatic heterocycles. The van der Waals surface area contributed by atoms with E-state index in [0.29, 0.717) is 5.69 Å². The number of amides is 3. The van der Waals surface area contributed by atoms with Crippen molar-refractivity contribution in [2.45, 2.75) is 33.7 Å². The SMILES string of the molecule is CCOC(=O)N1CCN(C(=O)C(CNc2c(O)c(=O)c2=O)NC(=O)c2cc(OCC(=O)C(C)(C)C)n(-c3ccccc3)n2)CC1. The second-order valence-corrected chi connectivity index (χ2v) is 11.4. The smallest absolute Gasteiger partial charge is 0.409 e. The van der Waals surface area contributed by atoms with Gasteiger partial charge in [0.1, 0.15) is 18.3 Å². The summed E-state index contributed by atoms with van der Waals surface area (Å²) in [6.45, 7) is 7.28. The van der Waals surface area contributed by atoms with Gasteiger partial charge in [-0.2, -0.15) is 5.10 Å². The first-order valence-electron chi connectivity index (χ1n) is 14.4. The monoisotopic (exact) mass is 624 g/mol. The lowest BCUT2D eigenvalue weighted by Gasteiger charge is -2.36. The number of aromatic hydroxyl groups is 1. The number of anilines is 1. The largest absolute Gasteiger partial charge is 0.502 e. The van der Waals surface area contributed by atoms with Gasteiger partial charge in [-0.1, -0.05) is 39.0 Å². The van der Waals surface area contributed by atoms with Gasteiger partial charge in [0.15, 0.2) is 17.2 Å². The minimum Gasteiger partial charge on any atom is -0.502 e. The average molecular weight is 625 g/mol. The Bertz CT molecular complexity index is 1630. The highest BCUT2D eigenvalue weighted by Crippen LogP contribution is 2.22. The molecule has 15 nitrogen and oxygen atoms in total. The third-order valence-corrected chi connectivity index (χ3v) is 7.19. The number of benzene rings is 1. The van der Waals surface area contributed by atoms with Crippen molar-refractivity contribution in [3.63, 3.8) is 0 Å². The molecule has 0 saturated carbocycles. The van der Waals surface area contributed by atoms with Crippen LogP contribution in [0.25, 0.3) is 5.69 Å². The molecule has 2 aromatic carbocycles. The van der Waals surface area contributed by atoms with Crippen molar-refractivity contribution < 1.29 is 33.8 Å². The summed E-state index contributed by atoms with van der Waals surface area (Å²) in [6.07, 6.45) is -0.497. The maximum atomic E-state index is 13.6. The van der Waals surface area contributed by atoms with E-state index >= 15 is 0 Å². The fourth-order valence-electron chi connectivity index (χ4n) is 4.41.